The van der Waals surface area contributed by atoms with Gasteiger partial charge in [-0.2, -0.15) is 0 Å². The van der Waals surface area contributed by atoms with Crippen molar-refractivity contribution < 1.29 is 18.1 Å². The van der Waals surface area contributed by atoms with E-state index in [2.05, 4.69) is 273 Å². The maximum absolute atomic E-state index is 15.0. The molecule has 6 aromatic carbocycles. The van der Waals surface area contributed by atoms with E-state index in [1.807, 2.05) is 0 Å². The van der Waals surface area contributed by atoms with E-state index >= 15 is 0 Å². The molecular formula is C81H105O4P. The smallest absolute Gasteiger partial charge is 0.282 e. The number of benzene rings is 6. The number of rotatable bonds is 21. The highest BCUT2D eigenvalue weighted by Gasteiger charge is 2.51. The molecule has 3 aliphatic rings. The lowest BCUT2D eigenvalue weighted by atomic mass is 9.71. The fourth-order valence-electron chi connectivity index (χ4n) is 15.5. The quantitative estimate of drug-likeness (QED) is 0.0532. The molecule has 6 aromatic rings. The first-order chi connectivity index (χ1) is 40.3. The summed E-state index contributed by atoms with van der Waals surface area (Å²) in [5.41, 5.74) is 27.6. The molecule has 5 heteroatoms. The monoisotopic (exact) mass is 1170 g/mol. The van der Waals surface area contributed by atoms with Gasteiger partial charge in [0.15, 0.2) is 0 Å². The maximum atomic E-state index is 15.0. The van der Waals surface area contributed by atoms with E-state index in [-0.39, 0.29) is 52.3 Å². The Morgan fingerprint density at radius 2 is 0.581 bits per heavy atom. The number of aryl methyl sites for hydroxylation is 3. The van der Waals surface area contributed by atoms with Crippen molar-refractivity contribution >= 4 is 42.8 Å². The zero-order valence-electron chi connectivity index (χ0n) is 56.8. The van der Waals surface area contributed by atoms with Crippen LogP contribution >= 0.6 is 7.82 Å². The molecule has 0 spiro atoms. The summed E-state index contributed by atoms with van der Waals surface area (Å²) in [6.07, 6.45) is 13.3. The summed E-state index contributed by atoms with van der Waals surface area (Å²) in [6, 6.07) is 40.1. The highest BCUT2D eigenvalue weighted by atomic mass is 31.2. The number of phosphoric acid groups is 1. The minimum Gasteiger partial charge on any atom is -0.282 e. The number of fused-ring (bicyclic) bond motifs is 3. The largest absolute Gasteiger partial charge is 0.475 e. The summed E-state index contributed by atoms with van der Waals surface area (Å²) >= 11 is 0. The van der Waals surface area contributed by atoms with Crippen LogP contribution in [0, 0.1) is 17.8 Å². The fraction of sp³-hybridized carbons (Fsp3) is 0.481. The van der Waals surface area contributed by atoms with E-state index in [1.165, 1.54) is 83.5 Å². The summed E-state index contributed by atoms with van der Waals surface area (Å²) in [4.78, 5) is 0. The van der Waals surface area contributed by atoms with Crippen LogP contribution in [0.25, 0.3) is 34.9 Å². The Morgan fingerprint density at radius 1 is 0.372 bits per heavy atom. The molecule has 0 bridgehead atoms. The molecule has 0 N–H and O–H groups in total. The van der Waals surface area contributed by atoms with Crippen molar-refractivity contribution in [2.24, 2.45) is 17.8 Å². The third kappa shape index (κ3) is 12.4. The fourth-order valence-corrected chi connectivity index (χ4v) is 16.6. The molecule has 9 rings (SSSR count). The van der Waals surface area contributed by atoms with Crippen LogP contribution in [-0.2, 0) is 89.7 Å². The SMILES string of the molecule is CCCc1cc2c(cc1/C(C)=C/c1ccc(COP(=O)(OCc3ccc(/C=C(\C)c4cc5c(cc4CCC)C(C)(C)C(C)C5(C)C)cc3)OCc3ccc(/C=C(\C)c4cc5c(cc4CCC)C(C)(C)C(C)C5(C)C)cc3)cc1)C(C)(C)C(C)C2(C)C. The lowest BCUT2D eigenvalue weighted by molar-refractivity contribution is 0.0978. The van der Waals surface area contributed by atoms with Crippen molar-refractivity contribution in [1.82, 2.24) is 0 Å². The zero-order chi connectivity index (χ0) is 62.7. The van der Waals surface area contributed by atoms with E-state index in [0.717, 1.165) is 71.9 Å². The molecule has 4 nitrogen and oxygen atoms in total. The van der Waals surface area contributed by atoms with E-state index < -0.39 is 7.82 Å². The van der Waals surface area contributed by atoms with Gasteiger partial charge in [0, 0.05) is 0 Å². The minimum atomic E-state index is -4.11. The van der Waals surface area contributed by atoms with Crippen molar-refractivity contribution in [1.29, 1.82) is 0 Å². The predicted molar refractivity (Wildman–Crippen MR) is 369 cm³/mol. The molecule has 0 radical (unpaired) electrons. The first kappa shape index (κ1) is 65.1. The predicted octanol–water partition coefficient (Wildman–Crippen LogP) is 22.9. The first-order valence-corrected chi connectivity index (χ1v) is 34.2. The van der Waals surface area contributed by atoms with Gasteiger partial charge in [0.2, 0.25) is 0 Å². The molecule has 458 valence electrons. The van der Waals surface area contributed by atoms with Gasteiger partial charge >= 0.3 is 7.82 Å². The lowest BCUT2D eigenvalue weighted by Gasteiger charge is -2.32. The Kier molecular flexibility index (Phi) is 18.6. The highest BCUT2D eigenvalue weighted by molar-refractivity contribution is 7.48. The van der Waals surface area contributed by atoms with Crippen LogP contribution in [0.1, 0.15) is 265 Å². The second-order valence-corrected chi connectivity index (χ2v) is 31.6. The van der Waals surface area contributed by atoms with E-state index in [4.69, 9.17) is 13.6 Å². The third-order valence-corrected chi connectivity index (χ3v) is 23.8. The minimum absolute atomic E-state index is 0.0629. The first-order valence-electron chi connectivity index (χ1n) is 32.7. The average Bonchev–Trinajstić information content (AvgIpc) is 2.16. The Bertz CT molecular complexity index is 3230. The number of hydrogen-bond donors (Lipinski definition) is 0. The number of allylic oxidation sites excluding steroid dienone is 3. The normalized spacial score (nSPS) is 21.3. The molecule has 0 heterocycles. The van der Waals surface area contributed by atoms with Crippen LogP contribution in [0.5, 0.6) is 0 Å². The Morgan fingerprint density at radius 3 is 0.791 bits per heavy atom. The van der Waals surface area contributed by atoms with Crippen LogP contribution in [0.3, 0.4) is 0 Å². The lowest BCUT2D eigenvalue weighted by Crippen LogP contribution is -2.30. The molecule has 0 saturated carbocycles. The van der Waals surface area contributed by atoms with Gasteiger partial charge in [-0.3, -0.25) is 13.6 Å². The van der Waals surface area contributed by atoms with Gasteiger partial charge in [0.25, 0.3) is 0 Å². The summed E-state index contributed by atoms with van der Waals surface area (Å²) in [5.74, 6) is 1.60. The molecular weight excluding hydrogens is 1070 g/mol. The summed E-state index contributed by atoms with van der Waals surface area (Å²) in [7, 11) is -4.11. The van der Waals surface area contributed by atoms with Crippen LogP contribution in [0.15, 0.2) is 109 Å². The summed E-state index contributed by atoms with van der Waals surface area (Å²) < 4.78 is 33.9. The van der Waals surface area contributed by atoms with Crippen LogP contribution in [0.4, 0.5) is 0 Å². The topological polar surface area (TPSA) is 44.8 Å². The van der Waals surface area contributed by atoms with Gasteiger partial charge in [0.1, 0.15) is 0 Å². The van der Waals surface area contributed by atoms with Crippen LogP contribution in [0.2, 0.25) is 0 Å². The van der Waals surface area contributed by atoms with Crippen molar-refractivity contribution in [3.8, 4) is 0 Å². The standard InChI is InChI=1S/C81H105O4P/c1-22-25-64-43-70-73(79(16,17)55(7)76(70,10)11)46-67(64)52(4)40-58-28-34-61(35-29-58)49-83-86(82,84-50-62-36-30-59(31-37-62)41-53(5)68-47-74-71(44-65(68)26-23-2)77(12,13)56(8)80(74,18)19)85-51-63-38-32-60(33-39-63)42-54(6)69-48-75-72(45-66(69)27-24-3)78(14,15)57(9)81(75,20)21/h28-48,55-57H,22-27,49-51H2,1-21H3/b52-40+,53-41+,54-42+. The van der Waals surface area contributed by atoms with Gasteiger partial charge in [-0.05, 0) is 207 Å². The molecule has 3 aliphatic carbocycles. The number of phosphoric ester groups is 1. The molecule has 0 fully saturated rings. The van der Waals surface area contributed by atoms with Gasteiger partial charge in [-0.25, -0.2) is 4.57 Å². The summed E-state index contributed by atoms with van der Waals surface area (Å²) in [5, 5.41) is 0. The van der Waals surface area contributed by atoms with Crippen molar-refractivity contribution in [3.05, 3.63) is 209 Å². The maximum Gasteiger partial charge on any atom is 0.475 e. The van der Waals surface area contributed by atoms with Crippen molar-refractivity contribution in [3.63, 3.8) is 0 Å². The van der Waals surface area contributed by atoms with E-state index in [1.54, 1.807) is 0 Å². The van der Waals surface area contributed by atoms with Gasteiger partial charge in [-0.15, -0.1) is 0 Å². The molecule has 0 aromatic heterocycles. The highest BCUT2D eigenvalue weighted by Crippen LogP contribution is 2.58. The average molecular weight is 1170 g/mol. The van der Waals surface area contributed by atoms with Gasteiger partial charge in [-0.1, -0.05) is 271 Å². The van der Waals surface area contributed by atoms with Gasteiger partial charge in [0.05, 0.1) is 19.8 Å². The third-order valence-electron chi connectivity index (χ3n) is 22.5. The molecule has 3 unspecified atom stereocenters. The molecule has 0 aliphatic heterocycles. The second kappa shape index (κ2) is 24.6. The molecule has 0 saturated heterocycles. The molecule has 3 atom stereocenters. The number of hydrogen-bond acceptors (Lipinski definition) is 4. The van der Waals surface area contributed by atoms with Gasteiger partial charge < -0.3 is 0 Å². The second-order valence-electron chi connectivity index (χ2n) is 29.9. The van der Waals surface area contributed by atoms with E-state index in [0.29, 0.717) is 17.8 Å². The molecule has 0 amide bonds. The van der Waals surface area contributed by atoms with E-state index in [9.17, 15) is 4.57 Å². The Balaban J connectivity index is 0.942. The van der Waals surface area contributed by atoms with Crippen molar-refractivity contribution in [2.45, 2.75) is 236 Å². The Labute approximate surface area is 521 Å². The summed E-state index contributed by atoms with van der Waals surface area (Å²) in [6.45, 7) is 50.0. The zero-order valence-corrected chi connectivity index (χ0v) is 57.7. The van der Waals surface area contributed by atoms with Crippen molar-refractivity contribution in [2.75, 3.05) is 0 Å². The van der Waals surface area contributed by atoms with Crippen LogP contribution < -0.4 is 0 Å². The van der Waals surface area contributed by atoms with Crippen LogP contribution in [-0.4, -0.2) is 0 Å². The Hall–Kier alpha value is -5.35. The molecule has 86 heavy (non-hydrogen) atoms.